The number of nitrogens with two attached hydrogens (primary N) is 1. The number of benzene rings is 1. The fourth-order valence-electron chi connectivity index (χ4n) is 2.72. The van der Waals surface area contributed by atoms with Gasteiger partial charge in [0.05, 0.1) is 0 Å². The number of hydrogen-bond acceptors (Lipinski definition) is 4. The number of anilines is 2. The summed E-state index contributed by atoms with van der Waals surface area (Å²) in [4.78, 5) is 4.33. The van der Waals surface area contributed by atoms with Crippen molar-refractivity contribution < 1.29 is 4.74 Å². The van der Waals surface area contributed by atoms with Crippen molar-refractivity contribution in [2.24, 2.45) is 5.92 Å². The summed E-state index contributed by atoms with van der Waals surface area (Å²) in [6, 6.07) is 6.11. The second-order valence-electron chi connectivity index (χ2n) is 5.51. The minimum absolute atomic E-state index is 0.694. The van der Waals surface area contributed by atoms with E-state index in [9.17, 15) is 0 Å². The van der Waals surface area contributed by atoms with Crippen LogP contribution in [0.25, 0.3) is 10.8 Å². The molecular formula is C16H21N3O. The van der Waals surface area contributed by atoms with Crippen LogP contribution in [0.2, 0.25) is 0 Å². The highest BCUT2D eigenvalue weighted by Crippen LogP contribution is 2.29. The first-order valence-electron chi connectivity index (χ1n) is 7.20. The zero-order chi connectivity index (χ0) is 13.9. The number of rotatable bonds is 3. The third-order valence-corrected chi connectivity index (χ3v) is 3.99. The van der Waals surface area contributed by atoms with Crippen LogP contribution in [-0.2, 0) is 4.74 Å². The van der Waals surface area contributed by atoms with Crippen LogP contribution in [-0.4, -0.2) is 24.7 Å². The summed E-state index contributed by atoms with van der Waals surface area (Å²) in [5.41, 5.74) is 8.97. The van der Waals surface area contributed by atoms with Crippen LogP contribution < -0.4 is 11.1 Å². The van der Waals surface area contributed by atoms with E-state index >= 15 is 0 Å². The molecule has 4 heteroatoms. The van der Waals surface area contributed by atoms with Crippen LogP contribution in [0, 0.1) is 12.8 Å². The largest absolute Gasteiger partial charge is 0.398 e. The standard InChI is InChI=1S/C16H21N3O/c1-11-8-13-14(10-18-11)15(17)2-3-16(13)19-9-12-4-6-20-7-5-12/h2-3,8,10,12,19H,4-7,9,17H2,1H3. The van der Waals surface area contributed by atoms with Crippen molar-refractivity contribution in [3.63, 3.8) is 0 Å². The maximum absolute atomic E-state index is 6.03. The van der Waals surface area contributed by atoms with Gasteiger partial charge < -0.3 is 15.8 Å². The first-order chi connectivity index (χ1) is 9.74. The number of nitrogens with one attached hydrogen (secondary N) is 1. The Bertz CT molecular complexity index is 606. The lowest BCUT2D eigenvalue weighted by atomic mass is 10.00. The number of hydrogen-bond donors (Lipinski definition) is 2. The van der Waals surface area contributed by atoms with Gasteiger partial charge in [-0.25, -0.2) is 0 Å². The summed E-state index contributed by atoms with van der Waals surface area (Å²) in [6.45, 7) is 4.77. The topological polar surface area (TPSA) is 60.2 Å². The minimum Gasteiger partial charge on any atom is -0.398 e. The quantitative estimate of drug-likeness (QED) is 0.843. The van der Waals surface area contributed by atoms with Gasteiger partial charge in [0.1, 0.15) is 0 Å². The molecule has 0 amide bonds. The Balaban J connectivity index is 1.83. The van der Waals surface area contributed by atoms with Crippen LogP contribution in [0.4, 0.5) is 11.4 Å². The van der Waals surface area contributed by atoms with Gasteiger partial charge in [-0.1, -0.05) is 0 Å². The molecule has 1 aliphatic rings. The summed E-state index contributed by atoms with van der Waals surface area (Å²) >= 11 is 0. The lowest BCUT2D eigenvalue weighted by Gasteiger charge is -2.23. The average Bonchev–Trinajstić information content (AvgIpc) is 2.47. The maximum atomic E-state index is 6.03. The van der Waals surface area contributed by atoms with Crippen molar-refractivity contribution in [3.05, 3.63) is 30.1 Å². The lowest BCUT2D eigenvalue weighted by Crippen LogP contribution is -2.22. The van der Waals surface area contributed by atoms with E-state index in [1.54, 1.807) is 0 Å². The van der Waals surface area contributed by atoms with Gasteiger partial charge in [-0.3, -0.25) is 4.98 Å². The molecule has 1 saturated heterocycles. The molecule has 2 aromatic rings. The number of nitrogens with zero attached hydrogens (tertiary/aromatic N) is 1. The Morgan fingerprint density at radius 2 is 2.10 bits per heavy atom. The van der Waals surface area contributed by atoms with Crippen molar-refractivity contribution in [3.8, 4) is 0 Å². The summed E-state index contributed by atoms with van der Waals surface area (Å²) in [7, 11) is 0. The molecule has 3 N–H and O–H groups in total. The van der Waals surface area contributed by atoms with Gasteiger partial charge >= 0.3 is 0 Å². The van der Waals surface area contributed by atoms with E-state index < -0.39 is 0 Å². The van der Waals surface area contributed by atoms with Gasteiger partial charge in [0, 0.05) is 53.8 Å². The SMILES string of the molecule is Cc1cc2c(NCC3CCOCC3)ccc(N)c2cn1. The molecule has 3 rings (SSSR count). The van der Waals surface area contributed by atoms with E-state index in [-0.39, 0.29) is 0 Å². The molecule has 0 saturated carbocycles. The third-order valence-electron chi connectivity index (χ3n) is 3.99. The Morgan fingerprint density at radius 1 is 1.30 bits per heavy atom. The molecule has 1 aromatic carbocycles. The predicted molar refractivity (Wildman–Crippen MR) is 82.9 cm³/mol. The van der Waals surface area contributed by atoms with Gasteiger partial charge in [-0.15, -0.1) is 0 Å². The van der Waals surface area contributed by atoms with E-state index in [1.165, 1.54) is 0 Å². The van der Waals surface area contributed by atoms with Gasteiger partial charge in [-0.2, -0.15) is 0 Å². The minimum atomic E-state index is 0.694. The van der Waals surface area contributed by atoms with Crippen LogP contribution in [0.1, 0.15) is 18.5 Å². The molecule has 20 heavy (non-hydrogen) atoms. The first-order valence-corrected chi connectivity index (χ1v) is 7.20. The Kier molecular flexibility index (Phi) is 3.74. The van der Waals surface area contributed by atoms with Gasteiger partial charge in [0.25, 0.3) is 0 Å². The smallest absolute Gasteiger partial charge is 0.0469 e. The van der Waals surface area contributed by atoms with Crippen molar-refractivity contribution in [2.45, 2.75) is 19.8 Å². The molecule has 0 bridgehead atoms. The molecular weight excluding hydrogens is 250 g/mol. The zero-order valence-electron chi connectivity index (χ0n) is 11.9. The molecule has 0 spiro atoms. The van der Waals surface area contributed by atoms with Crippen molar-refractivity contribution in [1.82, 2.24) is 4.98 Å². The molecule has 2 heterocycles. The molecule has 1 aliphatic heterocycles. The number of aryl methyl sites for hydroxylation is 1. The summed E-state index contributed by atoms with van der Waals surface area (Å²) < 4.78 is 5.40. The predicted octanol–water partition coefficient (Wildman–Crippen LogP) is 2.96. The van der Waals surface area contributed by atoms with Crippen molar-refractivity contribution >= 4 is 22.1 Å². The molecule has 0 radical (unpaired) electrons. The average molecular weight is 271 g/mol. The molecule has 106 valence electrons. The molecule has 0 atom stereocenters. The maximum Gasteiger partial charge on any atom is 0.0469 e. The van der Waals surface area contributed by atoms with E-state index in [2.05, 4.69) is 22.4 Å². The first kappa shape index (κ1) is 13.2. The summed E-state index contributed by atoms with van der Waals surface area (Å²) in [5, 5.41) is 5.75. The fraction of sp³-hybridized carbons (Fsp3) is 0.438. The molecule has 1 fully saturated rings. The third kappa shape index (κ3) is 2.70. The van der Waals surface area contributed by atoms with E-state index in [1.807, 2.05) is 19.2 Å². The van der Waals surface area contributed by atoms with Crippen molar-refractivity contribution in [1.29, 1.82) is 0 Å². The van der Waals surface area contributed by atoms with E-state index in [0.717, 1.165) is 60.4 Å². The van der Waals surface area contributed by atoms with Crippen LogP contribution in [0.5, 0.6) is 0 Å². The monoisotopic (exact) mass is 271 g/mol. The van der Waals surface area contributed by atoms with Crippen LogP contribution >= 0.6 is 0 Å². The second-order valence-corrected chi connectivity index (χ2v) is 5.51. The number of nitrogen functional groups attached to an aromatic ring is 1. The fourth-order valence-corrected chi connectivity index (χ4v) is 2.72. The number of fused-ring (bicyclic) bond motifs is 1. The van der Waals surface area contributed by atoms with Gasteiger partial charge in [0.2, 0.25) is 0 Å². The van der Waals surface area contributed by atoms with E-state index in [4.69, 9.17) is 10.5 Å². The summed E-state index contributed by atoms with van der Waals surface area (Å²) in [5.74, 6) is 0.694. The van der Waals surface area contributed by atoms with Crippen molar-refractivity contribution in [2.75, 3.05) is 30.8 Å². The highest BCUT2D eigenvalue weighted by Gasteiger charge is 2.14. The van der Waals surface area contributed by atoms with Crippen LogP contribution in [0.15, 0.2) is 24.4 Å². The molecule has 4 nitrogen and oxygen atoms in total. The van der Waals surface area contributed by atoms with Gasteiger partial charge in [0.15, 0.2) is 0 Å². The zero-order valence-corrected chi connectivity index (χ0v) is 11.9. The number of ether oxygens (including phenoxy) is 1. The normalized spacial score (nSPS) is 16.4. The van der Waals surface area contributed by atoms with E-state index in [0.29, 0.717) is 5.92 Å². The molecule has 0 aliphatic carbocycles. The summed E-state index contributed by atoms with van der Waals surface area (Å²) in [6.07, 6.45) is 4.14. The number of pyridine rings is 1. The second kappa shape index (κ2) is 5.67. The molecule has 1 aromatic heterocycles. The number of aromatic nitrogens is 1. The Labute approximate surface area is 119 Å². The Morgan fingerprint density at radius 3 is 2.90 bits per heavy atom. The Hall–Kier alpha value is -1.81. The highest BCUT2D eigenvalue weighted by molar-refractivity contribution is 6.00. The highest BCUT2D eigenvalue weighted by atomic mass is 16.5. The lowest BCUT2D eigenvalue weighted by molar-refractivity contribution is 0.0699. The molecule has 0 unspecified atom stereocenters. The van der Waals surface area contributed by atoms with Crippen LogP contribution in [0.3, 0.4) is 0 Å². The van der Waals surface area contributed by atoms with Gasteiger partial charge in [-0.05, 0) is 43.9 Å².